The fourth-order valence-electron chi connectivity index (χ4n) is 2.04. The van der Waals surface area contributed by atoms with Gasteiger partial charge in [0.2, 0.25) is 0 Å². The number of benzene rings is 1. The van der Waals surface area contributed by atoms with Gasteiger partial charge in [0.15, 0.2) is 6.10 Å². The summed E-state index contributed by atoms with van der Waals surface area (Å²) in [7, 11) is 1.26. The van der Waals surface area contributed by atoms with E-state index in [1.54, 1.807) is 38.1 Å². The molecule has 0 aliphatic rings. The SMILES string of the molecule is COC(=O)c1sc(NC(=O)[C@@H](C)Oc2cccc(Cl)c2)c(C#N)c1C. The molecule has 1 atom stereocenters. The van der Waals surface area contributed by atoms with Crippen molar-refractivity contribution in [2.75, 3.05) is 12.4 Å². The van der Waals surface area contributed by atoms with Crippen molar-refractivity contribution in [1.82, 2.24) is 0 Å². The molecule has 0 saturated carbocycles. The zero-order valence-electron chi connectivity index (χ0n) is 13.8. The molecule has 0 aliphatic carbocycles. The smallest absolute Gasteiger partial charge is 0.348 e. The summed E-state index contributed by atoms with van der Waals surface area (Å²) < 4.78 is 10.2. The van der Waals surface area contributed by atoms with E-state index in [0.717, 1.165) is 11.3 Å². The number of thiophene rings is 1. The summed E-state index contributed by atoms with van der Waals surface area (Å²) in [6.45, 7) is 3.20. The van der Waals surface area contributed by atoms with Crippen molar-refractivity contribution in [3.05, 3.63) is 45.3 Å². The number of nitrogens with zero attached hydrogens (tertiary/aromatic N) is 1. The van der Waals surface area contributed by atoms with E-state index in [1.165, 1.54) is 7.11 Å². The number of carbonyl (C=O) groups excluding carboxylic acids is 2. The summed E-state index contributed by atoms with van der Waals surface area (Å²) in [5, 5.41) is 12.7. The lowest BCUT2D eigenvalue weighted by Crippen LogP contribution is -2.30. The Bertz CT molecular complexity index is 857. The third kappa shape index (κ3) is 4.29. The number of nitriles is 1. The van der Waals surface area contributed by atoms with Crippen molar-refractivity contribution >= 4 is 39.8 Å². The van der Waals surface area contributed by atoms with E-state index in [9.17, 15) is 14.9 Å². The van der Waals surface area contributed by atoms with Crippen LogP contribution in [0.5, 0.6) is 5.75 Å². The van der Waals surface area contributed by atoms with Crippen molar-refractivity contribution in [1.29, 1.82) is 5.26 Å². The van der Waals surface area contributed by atoms with Crippen molar-refractivity contribution in [2.45, 2.75) is 20.0 Å². The van der Waals surface area contributed by atoms with Gasteiger partial charge in [-0.05, 0) is 37.6 Å². The first kappa shape index (κ1) is 18.8. The minimum Gasteiger partial charge on any atom is -0.481 e. The minimum atomic E-state index is -0.825. The molecule has 1 amide bonds. The fourth-order valence-corrected chi connectivity index (χ4v) is 3.29. The average Bonchev–Trinajstić information content (AvgIpc) is 2.89. The standard InChI is InChI=1S/C17H15ClN2O4S/c1-9-13(8-19)16(25-14(9)17(22)23-3)20-15(21)10(2)24-12-6-4-5-11(18)7-12/h4-7,10H,1-3H3,(H,20,21)/t10-/m1/s1. The number of anilines is 1. The molecule has 0 radical (unpaired) electrons. The number of methoxy groups -OCH3 is 1. The number of hydrogen-bond acceptors (Lipinski definition) is 6. The Balaban J connectivity index is 2.17. The van der Waals surface area contributed by atoms with Crippen LogP contribution < -0.4 is 10.1 Å². The lowest BCUT2D eigenvalue weighted by molar-refractivity contribution is -0.122. The fraction of sp³-hybridized carbons (Fsp3) is 0.235. The Morgan fingerprint density at radius 1 is 1.40 bits per heavy atom. The number of amides is 1. The number of esters is 1. The van der Waals surface area contributed by atoms with E-state index in [-0.39, 0.29) is 15.4 Å². The molecule has 1 aromatic carbocycles. The molecule has 130 valence electrons. The van der Waals surface area contributed by atoms with Crippen molar-refractivity contribution < 1.29 is 19.1 Å². The number of carbonyl (C=O) groups is 2. The molecule has 0 bridgehead atoms. The van der Waals surface area contributed by atoms with Crippen molar-refractivity contribution in [2.24, 2.45) is 0 Å². The molecule has 25 heavy (non-hydrogen) atoms. The maximum absolute atomic E-state index is 12.3. The van der Waals surface area contributed by atoms with Gasteiger partial charge in [-0.2, -0.15) is 5.26 Å². The highest BCUT2D eigenvalue weighted by Crippen LogP contribution is 2.33. The first-order chi connectivity index (χ1) is 11.9. The maximum Gasteiger partial charge on any atom is 0.348 e. The Labute approximate surface area is 153 Å². The zero-order chi connectivity index (χ0) is 18.6. The summed E-state index contributed by atoms with van der Waals surface area (Å²) in [5.74, 6) is -0.551. The number of nitrogens with one attached hydrogen (secondary N) is 1. The van der Waals surface area contributed by atoms with Crippen LogP contribution in [0.25, 0.3) is 0 Å². The van der Waals surface area contributed by atoms with E-state index in [1.807, 2.05) is 6.07 Å². The molecule has 8 heteroatoms. The van der Waals surface area contributed by atoms with Crippen LogP contribution in [0.4, 0.5) is 5.00 Å². The van der Waals surface area contributed by atoms with Gasteiger partial charge >= 0.3 is 5.97 Å². The van der Waals surface area contributed by atoms with Crippen molar-refractivity contribution in [3.63, 3.8) is 0 Å². The lowest BCUT2D eigenvalue weighted by Gasteiger charge is -2.14. The van der Waals surface area contributed by atoms with E-state index >= 15 is 0 Å². The van der Waals surface area contributed by atoms with Gasteiger partial charge in [-0.25, -0.2) is 4.79 Å². The summed E-state index contributed by atoms with van der Waals surface area (Å²) in [4.78, 5) is 24.4. The maximum atomic E-state index is 12.3. The molecule has 1 heterocycles. The molecule has 0 saturated heterocycles. The highest BCUT2D eigenvalue weighted by Gasteiger charge is 2.24. The predicted molar refractivity (Wildman–Crippen MR) is 95.3 cm³/mol. The van der Waals surface area contributed by atoms with Crippen molar-refractivity contribution in [3.8, 4) is 11.8 Å². The molecule has 0 unspecified atom stereocenters. The quantitative estimate of drug-likeness (QED) is 0.800. The molecule has 1 aromatic heterocycles. The van der Waals surface area contributed by atoms with E-state index in [4.69, 9.17) is 16.3 Å². The average molecular weight is 379 g/mol. The summed E-state index contributed by atoms with van der Waals surface area (Å²) >= 11 is 6.87. The Kier molecular flexibility index (Phi) is 6.02. The molecule has 6 nitrogen and oxygen atoms in total. The van der Waals surface area contributed by atoms with Gasteiger partial charge < -0.3 is 14.8 Å². The molecular weight excluding hydrogens is 364 g/mol. The van der Waals surface area contributed by atoms with Crippen LogP contribution in [0.15, 0.2) is 24.3 Å². The summed E-state index contributed by atoms with van der Waals surface area (Å²) in [5.41, 5.74) is 0.701. The first-order valence-corrected chi connectivity index (χ1v) is 8.41. The van der Waals surface area contributed by atoms with Crippen LogP contribution in [0.2, 0.25) is 5.02 Å². The van der Waals surface area contributed by atoms with Crippen LogP contribution in [0, 0.1) is 18.3 Å². The Hall–Kier alpha value is -2.56. The second kappa shape index (κ2) is 8.01. The summed E-state index contributed by atoms with van der Waals surface area (Å²) in [6.07, 6.45) is -0.825. The molecule has 2 rings (SSSR count). The van der Waals surface area contributed by atoms with Crippen LogP contribution in [0.3, 0.4) is 0 Å². The largest absolute Gasteiger partial charge is 0.481 e. The zero-order valence-corrected chi connectivity index (χ0v) is 15.3. The molecule has 0 aliphatic heterocycles. The molecule has 2 aromatic rings. The molecule has 0 spiro atoms. The van der Waals surface area contributed by atoms with E-state index in [0.29, 0.717) is 16.3 Å². The van der Waals surface area contributed by atoms with Gasteiger partial charge in [0.1, 0.15) is 21.7 Å². The highest BCUT2D eigenvalue weighted by atomic mass is 35.5. The van der Waals surface area contributed by atoms with Crippen LogP contribution in [-0.2, 0) is 9.53 Å². The second-order valence-corrected chi connectivity index (χ2v) is 6.53. The Morgan fingerprint density at radius 2 is 2.12 bits per heavy atom. The van der Waals surface area contributed by atoms with Crippen LogP contribution >= 0.6 is 22.9 Å². The predicted octanol–water partition coefficient (Wildman–Crippen LogP) is 3.77. The summed E-state index contributed by atoms with van der Waals surface area (Å²) in [6, 6.07) is 8.68. The van der Waals surface area contributed by atoms with Gasteiger partial charge in [0.05, 0.1) is 12.7 Å². The Morgan fingerprint density at radius 3 is 2.72 bits per heavy atom. The van der Waals surface area contributed by atoms with E-state index < -0.39 is 18.0 Å². The van der Waals surface area contributed by atoms with Gasteiger partial charge in [0.25, 0.3) is 5.91 Å². The molecular formula is C17H15ClN2O4S. The molecule has 1 N–H and O–H groups in total. The van der Waals surface area contributed by atoms with Gasteiger partial charge in [0, 0.05) is 5.02 Å². The van der Waals surface area contributed by atoms with Crippen LogP contribution in [0.1, 0.15) is 27.7 Å². The number of ether oxygens (including phenoxy) is 2. The van der Waals surface area contributed by atoms with Gasteiger partial charge in [-0.3, -0.25) is 4.79 Å². The topological polar surface area (TPSA) is 88.4 Å². The first-order valence-electron chi connectivity index (χ1n) is 7.22. The number of hydrogen-bond donors (Lipinski definition) is 1. The van der Waals surface area contributed by atoms with E-state index in [2.05, 4.69) is 10.1 Å². The number of halogens is 1. The second-order valence-electron chi connectivity index (χ2n) is 5.07. The third-order valence-electron chi connectivity index (χ3n) is 3.34. The molecule has 0 fully saturated rings. The third-order valence-corrected chi connectivity index (χ3v) is 4.77. The highest BCUT2D eigenvalue weighted by molar-refractivity contribution is 7.18. The lowest BCUT2D eigenvalue weighted by atomic mass is 10.2. The van der Waals surface area contributed by atoms with Gasteiger partial charge in [-0.1, -0.05) is 17.7 Å². The minimum absolute atomic E-state index is 0.230. The van der Waals surface area contributed by atoms with Gasteiger partial charge in [-0.15, -0.1) is 11.3 Å². The van der Waals surface area contributed by atoms with Crippen LogP contribution in [-0.4, -0.2) is 25.1 Å². The monoisotopic (exact) mass is 378 g/mol. The number of rotatable bonds is 5. The normalized spacial score (nSPS) is 11.3.